The molecule has 2 fully saturated rings. The van der Waals surface area contributed by atoms with Crippen molar-refractivity contribution < 1.29 is 5.11 Å². The van der Waals surface area contributed by atoms with Gasteiger partial charge in [-0.2, -0.15) is 0 Å². The molecule has 3 atom stereocenters. The highest BCUT2D eigenvalue weighted by atomic mass is 16.3. The Labute approximate surface area is 129 Å². The Morgan fingerprint density at radius 3 is 2.38 bits per heavy atom. The fourth-order valence-electron chi connectivity index (χ4n) is 4.55. The van der Waals surface area contributed by atoms with Gasteiger partial charge in [-0.1, -0.05) is 57.9 Å². The van der Waals surface area contributed by atoms with E-state index in [0.717, 1.165) is 18.8 Å². The quantitative estimate of drug-likeness (QED) is 0.826. The lowest BCUT2D eigenvalue weighted by atomic mass is 9.62. The molecule has 1 heteroatoms. The minimum Gasteiger partial charge on any atom is -0.393 e. The summed E-state index contributed by atoms with van der Waals surface area (Å²) in [6.07, 6.45) is 7.32. The summed E-state index contributed by atoms with van der Waals surface area (Å²) in [5.41, 5.74) is 3.12. The third kappa shape index (κ3) is 2.77. The van der Waals surface area contributed by atoms with Crippen LogP contribution in [-0.4, -0.2) is 11.2 Å². The maximum atomic E-state index is 10.6. The van der Waals surface area contributed by atoms with Crippen molar-refractivity contribution in [3.8, 4) is 0 Å². The van der Waals surface area contributed by atoms with Crippen molar-refractivity contribution in [1.82, 2.24) is 0 Å². The summed E-state index contributed by atoms with van der Waals surface area (Å²) >= 11 is 0. The Kier molecular flexibility index (Phi) is 4.14. The highest BCUT2D eigenvalue weighted by Gasteiger charge is 2.41. The lowest BCUT2D eigenvalue weighted by Crippen LogP contribution is -2.42. The molecule has 0 spiro atoms. The first-order chi connectivity index (χ1) is 10.00. The summed E-state index contributed by atoms with van der Waals surface area (Å²) in [6, 6.07) is 9.01. The van der Waals surface area contributed by atoms with Crippen molar-refractivity contribution in [2.75, 3.05) is 0 Å². The van der Waals surface area contributed by atoms with E-state index >= 15 is 0 Å². The van der Waals surface area contributed by atoms with Gasteiger partial charge in [0.1, 0.15) is 0 Å². The van der Waals surface area contributed by atoms with E-state index in [1.807, 2.05) is 0 Å². The van der Waals surface area contributed by atoms with Crippen LogP contribution < -0.4 is 0 Å². The first kappa shape index (κ1) is 15.1. The number of rotatable bonds is 3. The van der Waals surface area contributed by atoms with Gasteiger partial charge in [0.2, 0.25) is 0 Å². The molecule has 116 valence electrons. The van der Waals surface area contributed by atoms with E-state index in [1.54, 1.807) is 5.56 Å². The first-order valence-electron chi connectivity index (χ1n) is 8.77. The van der Waals surface area contributed by atoms with Crippen molar-refractivity contribution in [3.05, 3.63) is 35.4 Å². The van der Waals surface area contributed by atoms with E-state index in [2.05, 4.69) is 45.0 Å². The van der Waals surface area contributed by atoms with Gasteiger partial charge in [-0.25, -0.2) is 0 Å². The maximum absolute atomic E-state index is 10.6. The van der Waals surface area contributed by atoms with E-state index in [-0.39, 0.29) is 11.5 Å². The molecule has 2 aliphatic rings. The molecular weight excluding hydrogens is 256 g/mol. The predicted molar refractivity (Wildman–Crippen MR) is 88.6 cm³/mol. The van der Waals surface area contributed by atoms with Crippen molar-refractivity contribution in [2.45, 2.75) is 76.7 Å². The fraction of sp³-hybridized carbons (Fsp3) is 0.700. The van der Waals surface area contributed by atoms with Crippen molar-refractivity contribution in [2.24, 2.45) is 11.8 Å². The zero-order valence-corrected chi connectivity index (χ0v) is 13.8. The molecule has 0 bridgehead atoms. The normalized spacial score (nSPS) is 31.0. The molecule has 3 rings (SSSR count). The third-order valence-corrected chi connectivity index (χ3v) is 6.21. The van der Waals surface area contributed by atoms with E-state index in [1.165, 1.54) is 31.2 Å². The average Bonchev–Trinajstić information content (AvgIpc) is 2.36. The summed E-state index contributed by atoms with van der Waals surface area (Å²) in [7, 11) is 0. The van der Waals surface area contributed by atoms with Gasteiger partial charge in [-0.3, -0.25) is 0 Å². The van der Waals surface area contributed by atoms with E-state index < -0.39 is 0 Å². The Balaban J connectivity index is 1.90. The second-order valence-electron chi connectivity index (χ2n) is 8.03. The molecule has 0 heterocycles. The highest BCUT2D eigenvalue weighted by molar-refractivity contribution is 5.38. The molecule has 21 heavy (non-hydrogen) atoms. The van der Waals surface area contributed by atoms with Crippen LogP contribution in [0.25, 0.3) is 0 Å². The van der Waals surface area contributed by atoms with Gasteiger partial charge in [0.15, 0.2) is 0 Å². The first-order valence-corrected chi connectivity index (χ1v) is 8.77. The van der Waals surface area contributed by atoms with E-state index in [4.69, 9.17) is 0 Å². The SMILES string of the molecule is CC1CCC(C(C)(C)c2ccccc2C2CCC2)C(O)C1. The Morgan fingerprint density at radius 2 is 1.76 bits per heavy atom. The minimum absolute atomic E-state index is 0.0751. The van der Waals surface area contributed by atoms with Crippen LogP contribution in [0.2, 0.25) is 0 Å². The molecule has 0 aromatic heterocycles. The van der Waals surface area contributed by atoms with Gasteiger partial charge >= 0.3 is 0 Å². The molecule has 3 unspecified atom stereocenters. The smallest absolute Gasteiger partial charge is 0.0579 e. The van der Waals surface area contributed by atoms with Crippen LogP contribution >= 0.6 is 0 Å². The number of hydrogen-bond acceptors (Lipinski definition) is 1. The standard InChI is InChI=1S/C20H30O/c1-14-11-12-18(19(21)13-14)20(2,3)17-10-5-4-9-16(17)15-7-6-8-15/h4-5,9-10,14-15,18-19,21H,6-8,11-13H2,1-3H3. The maximum Gasteiger partial charge on any atom is 0.0579 e. The molecule has 0 radical (unpaired) electrons. The van der Waals surface area contributed by atoms with Crippen LogP contribution in [0.4, 0.5) is 0 Å². The molecule has 2 saturated carbocycles. The van der Waals surface area contributed by atoms with E-state index in [9.17, 15) is 5.11 Å². The third-order valence-electron chi connectivity index (χ3n) is 6.21. The lowest BCUT2D eigenvalue weighted by Gasteiger charge is -2.44. The molecule has 1 aromatic rings. The van der Waals surface area contributed by atoms with Gasteiger partial charge in [-0.15, -0.1) is 0 Å². The summed E-state index contributed by atoms with van der Waals surface area (Å²) < 4.78 is 0. The Hall–Kier alpha value is -0.820. The average molecular weight is 286 g/mol. The second-order valence-corrected chi connectivity index (χ2v) is 8.03. The topological polar surface area (TPSA) is 20.2 Å². The zero-order valence-electron chi connectivity index (χ0n) is 13.8. The number of aliphatic hydroxyl groups is 1. The minimum atomic E-state index is -0.141. The molecule has 1 nitrogen and oxygen atoms in total. The van der Waals surface area contributed by atoms with Crippen molar-refractivity contribution in [3.63, 3.8) is 0 Å². The summed E-state index contributed by atoms with van der Waals surface area (Å²) in [5.74, 6) is 1.84. The second kappa shape index (κ2) is 5.76. The number of benzene rings is 1. The van der Waals surface area contributed by atoms with Gasteiger partial charge < -0.3 is 5.11 Å². The lowest BCUT2D eigenvalue weighted by molar-refractivity contribution is 0.0139. The molecule has 0 amide bonds. The highest BCUT2D eigenvalue weighted by Crippen LogP contribution is 2.47. The van der Waals surface area contributed by atoms with Crippen LogP contribution in [0.3, 0.4) is 0 Å². The fourth-order valence-corrected chi connectivity index (χ4v) is 4.55. The summed E-state index contributed by atoms with van der Waals surface area (Å²) in [6.45, 7) is 6.98. The van der Waals surface area contributed by atoms with Gasteiger partial charge in [0.05, 0.1) is 6.10 Å². The van der Waals surface area contributed by atoms with Crippen LogP contribution in [-0.2, 0) is 5.41 Å². The van der Waals surface area contributed by atoms with Crippen LogP contribution in [0.5, 0.6) is 0 Å². The molecule has 0 aliphatic heterocycles. The molecular formula is C20H30O. The van der Waals surface area contributed by atoms with Gasteiger partial charge in [0.25, 0.3) is 0 Å². The van der Waals surface area contributed by atoms with Crippen LogP contribution in [0.1, 0.15) is 76.3 Å². The Morgan fingerprint density at radius 1 is 1.05 bits per heavy atom. The number of hydrogen-bond donors (Lipinski definition) is 1. The predicted octanol–water partition coefficient (Wildman–Crippen LogP) is 5.03. The van der Waals surface area contributed by atoms with Crippen LogP contribution in [0.15, 0.2) is 24.3 Å². The molecule has 1 N–H and O–H groups in total. The van der Waals surface area contributed by atoms with Crippen molar-refractivity contribution in [1.29, 1.82) is 0 Å². The van der Waals surface area contributed by atoms with Gasteiger partial charge in [0, 0.05) is 0 Å². The monoisotopic (exact) mass is 286 g/mol. The summed E-state index contributed by atoms with van der Waals surface area (Å²) in [5, 5.41) is 10.6. The van der Waals surface area contributed by atoms with E-state index in [0.29, 0.717) is 11.8 Å². The summed E-state index contributed by atoms with van der Waals surface area (Å²) in [4.78, 5) is 0. The van der Waals surface area contributed by atoms with Gasteiger partial charge in [-0.05, 0) is 60.0 Å². The Bertz CT molecular complexity index is 486. The van der Waals surface area contributed by atoms with Crippen LogP contribution in [0, 0.1) is 11.8 Å². The van der Waals surface area contributed by atoms with Crippen molar-refractivity contribution >= 4 is 0 Å². The largest absolute Gasteiger partial charge is 0.393 e. The molecule has 2 aliphatic carbocycles. The molecule has 0 saturated heterocycles. The zero-order chi connectivity index (χ0) is 15.0. The molecule has 1 aromatic carbocycles. The number of aliphatic hydroxyl groups excluding tert-OH is 1.